The molecule has 2 aliphatic rings. The van der Waals surface area contributed by atoms with Crippen LogP contribution in [0.2, 0.25) is 0 Å². The molecule has 3 atom stereocenters. The number of carbonyl (C=O) groups is 1. The number of aromatic nitrogens is 2. The molecule has 4 rings (SSSR count). The monoisotopic (exact) mass is 461 g/mol. The molecule has 1 aromatic heterocycles. The second kappa shape index (κ2) is 8.36. The van der Waals surface area contributed by atoms with Crippen molar-refractivity contribution in [2.24, 2.45) is 5.73 Å². The van der Waals surface area contributed by atoms with Gasteiger partial charge in [-0.05, 0) is 30.0 Å². The van der Waals surface area contributed by atoms with Crippen LogP contribution in [0.1, 0.15) is 48.2 Å². The molecule has 2 N–H and O–H groups in total. The quantitative estimate of drug-likeness (QED) is 0.756. The summed E-state index contributed by atoms with van der Waals surface area (Å²) in [6, 6.07) is 7.74. The van der Waals surface area contributed by atoms with Gasteiger partial charge in [-0.2, -0.15) is 0 Å². The smallest absolute Gasteiger partial charge is 0.231 e. The Bertz CT molecular complexity index is 885. The zero-order valence-electron chi connectivity index (χ0n) is 16.4. The molecule has 1 aromatic carbocycles. The van der Waals surface area contributed by atoms with Gasteiger partial charge in [0.15, 0.2) is 0 Å². The Labute approximate surface area is 178 Å². The highest BCUT2D eigenvalue weighted by Crippen LogP contribution is 2.44. The molecule has 6 nitrogen and oxygen atoms in total. The molecule has 0 unspecified atom stereocenters. The molecule has 1 aliphatic heterocycles. The first-order valence-electron chi connectivity index (χ1n) is 9.97. The van der Waals surface area contributed by atoms with Crippen molar-refractivity contribution < 1.29 is 9.18 Å². The standard InChI is InChI=1S/C21H25BrFN5O/c1-13-10-17(23)19-18(13)20(26-12-25-19)27-6-8-28(9-7-27)21(29)16(11-24)14-2-4-15(22)5-3-14/h2-5,12-13,16-17H,6-11,24H2,1H3/t13-,16-,17-/m1/s1. The normalized spacial score (nSPS) is 22.5. The first-order valence-corrected chi connectivity index (χ1v) is 10.8. The molecule has 0 bridgehead atoms. The Hall–Kier alpha value is -2.06. The van der Waals surface area contributed by atoms with E-state index >= 15 is 0 Å². The number of hydrogen-bond acceptors (Lipinski definition) is 5. The predicted molar refractivity (Wildman–Crippen MR) is 114 cm³/mol. The van der Waals surface area contributed by atoms with Gasteiger partial charge in [0.2, 0.25) is 5.91 Å². The van der Waals surface area contributed by atoms with Gasteiger partial charge in [-0.3, -0.25) is 4.79 Å². The maximum Gasteiger partial charge on any atom is 0.231 e. The van der Waals surface area contributed by atoms with E-state index in [1.807, 2.05) is 36.1 Å². The van der Waals surface area contributed by atoms with E-state index in [0.29, 0.717) is 38.3 Å². The molecule has 0 spiro atoms. The molecule has 1 amide bonds. The van der Waals surface area contributed by atoms with Crippen LogP contribution in [0.5, 0.6) is 0 Å². The highest BCUT2D eigenvalue weighted by molar-refractivity contribution is 9.10. The van der Waals surface area contributed by atoms with E-state index < -0.39 is 6.17 Å². The summed E-state index contributed by atoms with van der Waals surface area (Å²) in [6.45, 7) is 4.81. The molecule has 0 radical (unpaired) electrons. The molecule has 2 aromatic rings. The second-order valence-corrected chi connectivity index (χ2v) is 8.67. The summed E-state index contributed by atoms with van der Waals surface area (Å²) in [5.41, 5.74) is 8.32. The number of halogens is 2. The Kier molecular flexibility index (Phi) is 5.83. The average Bonchev–Trinajstić information content (AvgIpc) is 3.04. The largest absolute Gasteiger partial charge is 0.353 e. The number of anilines is 1. The van der Waals surface area contributed by atoms with Crippen LogP contribution in [-0.4, -0.2) is 53.5 Å². The van der Waals surface area contributed by atoms with E-state index in [-0.39, 0.29) is 24.3 Å². The molecule has 1 saturated heterocycles. The summed E-state index contributed by atoms with van der Waals surface area (Å²) < 4.78 is 15.2. The number of nitrogens with two attached hydrogens (primary N) is 1. The average molecular weight is 462 g/mol. The molecule has 154 valence electrons. The van der Waals surface area contributed by atoms with Crippen LogP contribution in [0, 0.1) is 0 Å². The molecule has 29 heavy (non-hydrogen) atoms. The molecule has 8 heteroatoms. The second-order valence-electron chi connectivity index (χ2n) is 7.75. The zero-order chi connectivity index (χ0) is 20.5. The summed E-state index contributed by atoms with van der Waals surface area (Å²) in [7, 11) is 0. The van der Waals surface area contributed by atoms with E-state index in [2.05, 4.69) is 30.8 Å². The van der Waals surface area contributed by atoms with Crippen molar-refractivity contribution in [3.05, 3.63) is 51.9 Å². The molecule has 2 heterocycles. The summed E-state index contributed by atoms with van der Waals surface area (Å²) in [4.78, 5) is 25.7. The number of carbonyl (C=O) groups excluding carboxylic acids is 1. The van der Waals surface area contributed by atoms with Crippen LogP contribution < -0.4 is 10.6 Å². The van der Waals surface area contributed by atoms with Crippen molar-refractivity contribution in [2.75, 3.05) is 37.6 Å². The number of piperazine rings is 1. The minimum Gasteiger partial charge on any atom is -0.353 e. The lowest BCUT2D eigenvalue weighted by atomic mass is 9.97. The minimum atomic E-state index is -1.01. The Balaban J connectivity index is 1.46. The molecular formula is C21H25BrFN5O. The van der Waals surface area contributed by atoms with Gasteiger partial charge in [-0.15, -0.1) is 0 Å². The third-order valence-corrected chi connectivity index (χ3v) is 6.47. The third-order valence-electron chi connectivity index (χ3n) is 5.94. The fraction of sp³-hybridized carbons (Fsp3) is 0.476. The molecular weight excluding hydrogens is 437 g/mol. The van der Waals surface area contributed by atoms with E-state index in [1.165, 1.54) is 6.33 Å². The van der Waals surface area contributed by atoms with E-state index in [9.17, 15) is 9.18 Å². The Morgan fingerprint density at radius 2 is 1.93 bits per heavy atom. The van der Waals surface area contributed by atoms with Crippen molar-refractivity contribution in [3.63, 3.8) is 0 Å². The predicted octanol–water partition coefficient (Wildman–Crippen LogP) is 3.15. The Morgan fingerprint density at radius 3 is 2.59 bits per heavy atom. The summed E-state index contributed by atoms with van der Waals surface area (Å²) >= 11 is 3.42. The van der Waals surface area contributed by atoms with Gasteiger partial charge in [0.05, 0.1) is 11.6 Å². The van der Waals surface area contributed by atoms with Gasteiger partial charge < -0.3 is 15.5 Å². The lowest BCUT2D eigenvalue weighted by Crippen LogP contribution is -2.51. The Morgan fingerprint density at radius 1 is 1.24 bits per heavy atom. The van der Waals surface area contributed by atoms with Crippen molar-refractivity contribution in [1.29, 1.82) is 0 Å². The van der Waals surface area contributed by atoms with Crippen LogP contribution in [0.4, 0.5) is 10.2 Å². The van der Waals surface area contributed by atoms with Crippen molar-refractivity contribution in [3.8, 4) is 0 Å². The first-order chi connectivity index (χ1) is 14.0. The van der Waals surface area contributed by atoms with Gasteiger partial charge in [-0.1, -0.05) is 35.0 Å². The summed E-state index contributed by atoms with van der Waals surface area (Å²) in [5.74, 6) is 0.637. The van der Waals surface area contributed by atoms with Gasteiger partial charge in [0.1, 0.15) is 18.3 Å². The fourth-order valence-electron chi connectivity index (χ4n) is 4.35. The number of rotatable bonds is 4. The number of nitrogens with zero attached hydrogens (tertiary/aromatic N) is 4. The molecule has 0 saturated carbocycles. The first kappa shape index (κ1) is 20.2. The molecule has 1 aliphatic carbocycles. The van der Waals surface area contributed by atoms with Gasteiger partial charge in [-0.25, -0.2) is 14.4 Å². The van der Waals surface area contributed by atoms with Crippen LogP contribution in [-0.2, 0) is 4.79 Å². The van der Waals surface area contributed by atoms with Gasteiger partial charge >= 0.3 is 0 Å². The molecule has 1 fully saturated rings. The maximum absolute atomic E-state index is 14.2. The summed E-state index contributed by atoms with van der Waals surface area (Å²) in [5, 5.41) is 0. The fourth-order valence-corrected chi connectivity index (χ4v) is 4.61. The van der Waals surface area contributed by atoms with Crippen LogP contribution in [0.15, 0.2) is 35.1 Å². The van der Waals surface area contributed by atoms with Crippen LogP contribution in [0.3, 0.4) is 0 Å². The summed E-state index contributed by atoms with van der Waals surface area (Å²) in [6.07, 6.45) is 0.903. The minimum absolute atomic E-state index is 0.0552. The highest BCUT2D eigenvalue weighted by Gasteiger charge is 2.35. The van der Waals surface area contributed by atoms with Crippen molar-refractivity contribution in [1.82, 2.24) is 14.9 Å². The number of amides is 1. The SMILES string of the molecule is C[C@@H]1C[C@@H](F)c2ncnc(N3CCN(C(=O)[C@H](CN)c4ccc(Br)cc4)CC3)c21. The number of alkyl halides is 1. The maximum atomic E-state index is 14.2. The van der Waals surface area contributed by atoms with Crippen LogP contribution in [0.25, 0.3) is 0 Å². The third kappa shape index (κ3) is 3.88. The topological polar surface area (TPSA) is 75.4 Å². The van der Waals surface area contributed by atoms with E-state index in [0.717, 1.165) is 21.4 Å². The number of hydrogen-bond donors (Lipinski definition) is 1. The number of benzene rings is 1. The van der Waals surface area contributed by atoms with Crippen molar-refractivity contribution in [2.45, 2.75) is 31.4 Å². The van der Waals surface area contributed by atoms with Gasteiger partial charge in [0, 0.05) is 42.8 Å². The zero-order valence-corrected chi connectivity index (χ0v) is 18.0. The highest BCUT2D eigenvalue weighted by atomic mass is 79.9. The van der Waals surface area contributed by atoms with Crippen LogP contribution >= 0.6 is 15.9 Å². The lowest BCUT2D eigenvalue weighted by molar-refractivity contribution is -0.132. The van der Waals surface area contributed by atoms with E-state index in [4.69, 9.17) is 5.73 Å². The van der Waals surface area contributed by atoms with E-state index in [1.54, 1.807) is 0 Å². The lowest BCUT2D eigenvalue weighted by Gasteiger charge is -2.37. The van der Waals surface area contributed by atoms with Crippen molar-refractivity contribution >= 4 is 27.7 Å². The number of fused-ring (bicyclic) bond motifs is 1. The van der Waals surface area contributed by atoms with Gasteiger partial charge in [0.25, 0.3) is 0 Å².